The summed E-state index contributed by atoms with van der Waals surface area (Å²) >= 11 is 0. The van der Waals surface area contributed by atoms with E-state index in [1.165, 1.54) is 0 Å². The minimum absolute atomic E-state index is 0.300. The molecule has 1 aromatic heterocycles. The Morgan fingerprint density at radius 1 is 1.44 bits per heavy atom. The van der Waals surface area contributed by atoms with Gasteiger partial charge in [0.2, 0.25) is 0 Å². The van der Waals surface area contributed by atoms with Crippen LogP contribution in [0.5, 0.6) is 0 Å². The highest BCUT2D eigenvalue weighted by atomic mass is 16.5. The fourth-order valence-electron chi connectivity index (χ4n) is 1.68. The Kier molecular flexibility index (Phi) is 6.68. The molecule has 0 aromatic carbocycles. The number of ether oxygens (including phenoxy) is 1. The van der Waals surface area contributed by atoms with E-state index in [4.69, 9.17) is 4.74 Å². The Balaban J connectivity index is 2.38. The lowest BCUT2D eigenvalue weighted by Crippen LogP contribution is -2.24. The maximum absolute atomic E-state index is 5.54. The maximum Gasteiger partial charge on any atom is 0.0596 e. The van der Waals surface area contributed by atoms with Crippen molar-refractivity contribution in [2.24, 2.45) is 0 Å². The van der Waals surface area contributed by atoms with Gasteiger partial charge in [0.1, 0.15) is 0 Å². The van der Waals surface area contributed by atoms with E-state index in [0.29, 0.717) is 6.10 Å². The maximum atomic E-state index is 5.54. The largest absolute Gasteiger partial charge is 0.385 e. The van der Waals surface area contributed by atoms with Crippen LogP contribution in [-0.4, -0.2) is 42.7 Å². The second-order valence-corrected chi connectivity index (χ2v) is 4.72. The highest BCUT2D eigenvalue weighted by Crippen LogP contribution is 2.09. The summed E-state index contributed by atoms with van der Waals surface area (Å²) in [6.45, 7) is 9.67. The minimum Gasteiger partial charge on any atom is -0.385 e. The molecule has 4 nitrogen and oxygen atoms in total. The van der Waals surface area contributed by atoms with Crippen molar-refractivity contribution in [2.75, 3.05) is 32.1 Å². The van der Waals surface area contributed by atoms with Crippen LogP contribution in [-0.2, 0) is 11.3 Å². The first kappa shape index (κ1) is 14.9. The summed E-state index contributed by atoms with van der Waals surface area (Å²) in [5, 5.41) is 3.30. The Morgan fingerprint density at radius 2 is 2.22 bits per heavy atom. The van der Waals surface area contributed by atoms with Crippen molar-refractivity contribution >= 4 is 5.69 Å². The van der Waals surface area contributed by atoms with Crippen LogP contribution in [0.15, 0.2) is 18.3 Å². The van der Waals surface area contributed by atoms with Gasteiger partial charge in [-0.15, -0.1) is 0 Å². The van der Waals surface area contributed by atoms with Crippen LogP contribution in [0.1, 0.15) is 26.5 Å². The van der Waals surface area contributed by atoms with Crippen molar-refractivity contribution in [1.82, 2.24) is 9.88 Å². The lowest BCUT2D eigenvalue weighted by Gasteiger charge is -2.17. The van der Waals surface area contributed by atoms with Gasteiger partial charge in [-0.3, -0.25) is 9.88 Å². The van der Waals surface area contributed by atoms with E-state index in [1.807, 2.05) is 12.3 Å². The van der Waals surface area contributed by atoms with E-state index in [0.717, 1.165) is 37.6 Å². The molecular weight excluding hydrogens is 226 g/mol. The van der Waals surface area contributed by atoms with Crippen LogP contribution < -0.4 is 5.32 Å². The minimum atomic E-state index is 0.300. The van der Waals surface area contributed by atoms with Gasteiger partial charge in [0, 0.05) is 31.5 Å². The SMILES string of the molecule is CCNc1ccnc(CN(C)CCOC(C)C)c1. The summed E-state index contributed by atoms with van der Waals surface area (Å²) in [4.78, 5) is 6.60. The predicted octanol–water partition coefficient (Wildman–Crippen LogP) is 2.37. The second kappa shape index (κ2) is 8.06. The second-order valence-electron chi connectivity index (χ2n) is 4.72. The van der Waals surface area contributed by atoms with Crippen molar-refractivity contribution in [1.29, 1.82) is 0 Å². The van der Waals surface area contributed by atoms with Crippen LogP contribution in [0.25, 0.3) is 0 Å². The number of nitrogens with zero attached hydrogens (tertiary/aromatic N) is 2. The van der Waals surface area contributed by atoms with Gasteiger partial charge in [-0.05, 0) is 40.0 Å². The topological polar surface area (TPSA) is 37.4 Å². The summed E-state index contributed by atoms with van der Waals surface area (Å²) < 4.78 is 5.54. The molecule has 0 saturated heterocycles. The van der Waals surface area contributed by atoms with Crippen molar-refractivity contribution in [2.45, 2.75) is 33.4 Å². The monoisotopic (exact) mass is 251 g/mol. The third-order valence-corrected chi connectivity index (χ3v) is 2.55. The fourth-order valence-corrected chi connectivity index (χ4v) is 1.68. The highest BCUT2D eigenvalue weighted by molar-refractivity contribution is 5.42. The van der Waals surface area contributed by atoms with Crippen molar-refractivity contribution in [3.8, 4) is 0 Å². The molecule has 1 N–H and O–H groups in total. The number of anilines is 1. The van der Waals surface area contributed by atoms with Gasteiger partial charge in [-0.2, -0.15) is 0 Å². The van der Waals surface area contributed by atoms with E-state index >= 15 is 0 Å². The summed E-state index contributed by atoms with van der Waals surface area (Å²) in [6.07, 6.45) is 2.15. The van der Waals surface area contributed by atoms with Crippen LogP contribution in [0.2, 0.25) is 0 Å². The Labute approximate surface area is 110 Å². The normalized spacial score (nSPS) is 11.2. The molecule has 0 amide bonds. The fraction of sp³-hybridized carbons (Fsp3) is 0.643. The van der Waals surface area contributed by atoms with E-state index in [2.05, 4.69) is 49.1 Å². The van der Waals surface area contributed by atoms with Gasteiger partial charge in [0.05, 0.1) is 18.4 Å². The van der Waals surface area contributed by atoms with Crippen molar-refractivity contribution in [3.05, 3.63) is 24.0 Å². The van der Waals surface area contributed by atoms with Gasteiger partial charge in [0.25, 0.3) is 0 Å². The molecule has 0 aliphatic heterocycles. The van der Waals surface area contributed by atoms with Gasteiger partial charge in [0.15, 0.2) is 0 Å². The quantitative estimate of drug-likeness (QED) is 0.769. The van der Waals surface area contributed by atoms with E-state index in [-0.39, 0.29) is 0 Å². The van der Waals surface area contributed by atoms with Crippen LogP contribution in [0.4, 0.5) is 5.69 Å². The Hall–Kier alpha value is -1.13. The molecular formula is C14H25N3O. The summed E-state index contributed by atoms with van der Waals surface area (Å²) in [7, 11) is 2.09. The molecule has 0 atom stereocenters. The van der Waals surface area contributed by atoms with E-state index in [9.17, 15) is 0 Å². The molecule has 0 saturated carbocycles. The van der Waals surface area contributed by atoms with Gasteiger partial charge in [-0.1, -0.05) is 0 Å². The Morgan fingerprint density at radius 3 is 2.89 bits per heavy atom. The molecule has 0 aliphatic rings. The standard InChI is InChI=1S/C14H25N3O/c1-5-15-13-6-7-16-14(10-13)11-17(4)8-9-18-12(2)3/h6-7,10,12H,5,8-9,11H2,1-4H3,(H,15,16). The molecule has 18 heavy (non-hydrogen) atoms. The van der Waals surface area contributed by atoms with Gasteiger partial charge < -0.3 is 10.1 Å². The number of aromatic nitrogens is 1. The molecule has 0 aliphatic carbocycles. The van der Waals surface area contributed by atoms with Crippen molar-refractivity contribution in [3.63, 3.8) is 0 Å². The van der Waals surface area contributed by atoms with Crippen LogP contribution >= 0.6 is 0 Å². The van der Waals surface area contributed by atoms with Crippen LogP contribution in [0.3, 0.4) is 0 Å². The first-order valence-corrected chi connectivity index (χ1v) is 6.60. The average molecular weight is 251 g/mol. The predicted molar refractivity (Wildman–Crippen MR) is 75.8 cm³/mol. The van der Waals surface area contributed by atoms with E-state index in [1.54, 1.807) is 0 Å². The highest BCUT2D eigenvalue weighted by Gasteiger charge is 2.03. The summed E-state index contributed by atoms with van der Waals surface area (Å²) in [6, 6.07) is 4.10. The molecule has 102 valence electrons. The molecule has 0 radical (unpaired) electrons. The van der Waals surface area contributed by atoms with Gasteiger partial charge >= 0.3 is 0 Å². The zero-order valence-electron chi connectivity index (χ0n) is 11.9. The van der Waals surface area contributed by atoms with Gasteiger partial charge in [-0.25, -0.2) is 0 Å². The molecule has 1 heterocycles. The molecule has 0 spiro atoms. The molecule has 1 aromatic rings. The number of rotatable bonds is 8. The molecule has 0 unspecified atom stereocenters. The average Bonchev–Trinajstić information content (AvgIpc) is 2.29. The molecule has 4 heteroatoms. The lowest BCUT2D eigenvalue weighted by molar-refractivity contribution is 0.0625. The summed E-state index contributed by atoms with van der Waals surface area (Å²) in [5.74, 6) is 0. The smallest absolute Gasteiger partial charge is 0.0596 e. The number of hydrogen-bond donors (Lipinski definition) is 1. The number of hydrogen-bond acceptors (Lipinski definition) is 4. The van der Waals surface area contributed by atoms with Crippen LogP contribution in [0, 0.1) is 0 Å². The zero-order chi connectivity index (χ0) is 13.4. The lowest BCUT2D eigenvalue weighted by atomic mass is 10.3. The third-order valence-electron chi connectivity index (χ3n) is 2.55. The Bertz CT molecular complexity index is 342. The number of nitrogens with one attached hydrogen (secondary N) is 1. The first-order valence-electron chi connectivity index (χ1n) is 6.60. The molecule has 0 fully saturated rings. The number of likely N-dealkylation sites (N-methyl/N-ethyl adjacent to an activating group) is 1. The van der Waals surface area contributed by atoms with E-state index < -0.39 is 0 Å². The third kappa shape index (κ3) is 5.98. The molecule has 0 bridgehead atoms. The summed E-state index contributed by atoms with van der Waals surface area (Å²) in [5.41, 5.74) is 2.22. The number of pyridine rings is 1. The first-order chi connectivity index (χ1) is 8.61. The zero-order valence-corrected chi connectivity index (χ0v) is 11.9. The van der Waals surface area contributed by atoms with Crippen molar-refractivity contribution < 1.29 is 4.74 Å². The molecule has 1 rings (SSSR count).